The Morgan fingerprint density at radius 2 is 2.05 bits per heavy atom. The molecule has 2 unspecified atom stereocenters. The minimum absolute atomic E-state index is 0.0175. The van der Waals surface area contributed by atoms with E-state index in [-0.39, 0.29) is 11.9 Å². The molecule has 0 bridgehead atoms. The van der Waals surface area contributed by atoms with Crippen molar-refractivity contribution in [2.24, 2.45) is 5.92 Å². The van der Waals surface area contributed by atoms with Crippen LogP contribution in [0.3, 0.4) is 0 Å². The van der Waals surface area contributed by atoms with E-state index in [4.69, 9.17) is 0 Å². The second-order valence-corrected chi connectivity index (χ2v) is 6.03. The van der Waals surface area contributed by atoms with Crippen LogP contribution < -0.4 is 5.32 Å². The van der Waals surface area contributed by atoms with Gasteiger partial charge in [-0.3, -0.25) is 9.89 Å². The third-order valence-electron chi connectivity index (χ3n) is 4.52. The summed E-state index contributed by atoms with van der Waals surface area (Å²) >= 11 is 0. The van der Waals surface area contributed by atoms with Crippen LogP contribution in [0.1, 0.15) is 62.5 Å². The van der Waals surface area contributed by atoms with E-state index in [2.05, 4.69) is 36.3 Å². The highest BCUT2D eigenvalue weighted by molar-refractivity contribution is 5.98. The standard InChI is InChI=1S/C18H27N3O/c1-5-8-13(6-2)16(7-3)19-18(22)14-9-10-17-15(11-14)12(4)20-21-17/h9-11,13,16H,5-8H2,1-4H3,(H,19,22)(H,20,21). The lowest BCUT2D eigenvalue weighted by Crippen LogP contribution is -2.39. The van der Waals surface area contributed by atoms with Gasteiger partial charge in [-0.25, -0.2) is 0 Å². The summed E-state index contributed by atoms with van der Waals surface area (Å²) in [6.07, 6.45) is 4.39. The van der Waals surface area contributed by atoms with Crippen LogP contribution >= 0.6 is 0 Å². The fourth-order valence-corrected chi connectivity index (χ4v) is 3.15. The summed E-state index contributed by atoms with van der Waals surface area (Å²) in [7, 11) is 0. The molecule has 1 aromatic heterocycles. The number of aromatic nitrogens is 2. The molecule has 2 aromatic rings. The van der Waals surface area contributed by atoms with Gasteiger partial charge in [-0.05, 0) is 43.9 Å². The van der Waals surface area contributed by atoms with Gasteiger partial charge in [-0.15, -0.1) is 0 Å². The molecule has 4 nitrogen and oxygen atoms in total. The van der Waals surface area contributed by atoms with Gasteiger partial charge >= 0.3 is 0 Å². The molecule has 1 heterocycles. The molecular formula is C18H27N3O. The predicted octanol–water partition coefficient (Wildman–Crippen LogP) is 4.21. The summed E-state index contributed by atoms with van der Waals surface area (Å²) in [5.41, 5.74) is 2.61. The minimum Gasteiger partial charge on any atom is -0.349 e. The van der Waals surface area contributed by atoms with Crippen LogP contribution in [0, 0.1) is 12.8 Å². The maximum Gasteiger partial charge on any atom is 0.251 e. The molecule has 2 atom stereocenters. The number of nitrogens with zero attached hydrogens (tertiary/aromatic N) is 1. The Labute approximate surface area is 132 Å². The molecule has 0 radical (unpaired) electrons. The van der Waals surface area contributed by atoms with E-state index in [1.54, 1.807) is 0 Å². The normalized spacial score (nSPS) is 14.0. The monoisotopic (exact) mass is 301 g/mol. The van der Waals surface area contributed by atoms with Crippen molar-refractivity contribution >= 4 is 16.8 Å². The fourth-order valence-electron chi connectivity index (χ4n) is 3.15. The zero-order chi connectivity index (χ0) is 16.1. The second-order valence-electron chi connectivity index (χ2n) is 6.03. The maximum absolute atomic E-state index is 12.6. The summed E-state index contributed by atoms with van der Waals surface area (Å²) in [5.74, 6) is 0.572. The van der Waals surface area contributed by atoms with E-state index in [9.17, 15) is 4.79 Å². The van der Waals surface area contributed by atoms with Crippen LogP contribution in [0.4, 0.5) is 0 Å². The summed E-state index contributed by atoms with van der Waals surface area (Å²) in [6.45, 7) is 8.52. The van der Waals surface area contributed by atoms with E-state index in [1.807, 2.05) is 25.1 Å². The average Bonchev–Trinajstić information content (AvgIpc) is 2.91. The molecule has 0 fully saturated rings. The number of amides is 1. The summed E-state index contributed by atoms with van der Waals surface area (Å²) in [4.78, 5) is 12.6. The van der Waals surface area contributed by atoms with E-state index in [0.717, 1.165) is 42.3 Å². The van der Waals surface area contributed by atoms with Gasteiger partial charge in [-0.2, -0.15) is 5.10 Å². The summed E-state index contributed by atoms with van der Waals surface area (Å²) in [5, 5.41) is 11.4. The van der Waals surface area contributed by atoms with E-state index >= 15 is 0 Å². The number of nitrogens with one attached hydrogen (secondary N) is 2. The molecule has 2 rings (SSSR count). The molecule has 120 valence electrons. The lowest BCUT2D eigenvalue weighted by molar-refractivity contribution is 0.0917. The predicted molar refractivity (Wildman–Crippen MR) is 91.1 cm³/mol. The highest BCUT2D eigenvalue weighted by atomic mass is 16.1. The highest BCUT2D eigenvalue weighted by Gasteiger charge is 2.20. The van der Waals surface area contributed by atoms with Crippen molar-refractivity contribution in [1.29, 1.82) is 0 Å². The molecule has 0 spiro atoms. The first-order valence-corrected chi connectivity index (χ1v) is 8.36. The number of aryl methyl sites for hydroxylation is 1. The maximum atomic E-state index is 12.6. The van der Waals surface area contributed by atoms with Gasteiger partial charge in [0, 0.05) is 22.7 Å². The van der Waals surface area contributed by atoms with E-state index in [1.165, 1.54) is 0 Å². The first-order chi connectivity index (χ1) is 10.6. The molecule has 4 heteroatoms. The molecule has 0 aliphatic carbocycles. The summed E-state index contributed by atoms with van der Waals surface area (Å²) in [6, 6.07) is 5.93. The number of hydrogen-bond acceptors (Lipinski definition) is 2. The van der Waals surface area contributed by atoms with Gasteiger partial charge in [0.05, 0.1) is 5.52 Å². The van der Waals surface area contributed by atoms with Crippen molar-refractivity contribution in [2.75, 3.05) is 0 Å². The first kappa shape index (κ1) is 16.5. The Hall–Kier alpha value is -1.84. The first-order valence-electron chi connectivity index (χ1n) is 8.36. The third-order valence-corrected chi connectivity index (χ3v) is 4.52. The summed E-state index contributed by atoms with van der Waals surface area (Å²) < 4.78 is 0. The van der Waals surface area contributed by atoms with E-state index in [0.29, 0.717) is 11.5 Å². The number of hydrogen-bond donors (Lipinski definition) is 2. The molecule has 1 amide bonds. The Morgan fingerprint density at radius 3 is 2.68 bits per heavy atom. The van der Waals surface area contributed by atoms with E-state index < -0.39 is 0 Å². The molecule has 0 saturated heterocycles. The Balaban J connectivity index is 2.16. The van der Waals surface area contributed by atoms with Gasteiger partial charge in [0.1, 0.15) is 0 Å². The van der Waals surface area contributed by atoms with Gasteiger partial charge < -0.3 is 5.32 Å². The molecule has 0 aliphatic heterocycles. The molecule has 2 N–H and O–H groups in total. The SMILES string of the molecule is CCCC(CC)C(CC)NC(=O)c1ccc2n[nH]c(C)c2c1. The quantitative estimate of drug-likeness (QED) is 0.805. The van der Waals surface area contributed by atoms with Crippen LogP contribution in [0.2, 0.25) is 0 Å². The van der Waals surface area contributed by atoms with Crippen molar-refractivity contribution in [1.82, 2.24) is 15.5 Å². The average molecular weight is 301 g/mol. The molecule has 1 aromatic carbocycles. The number of rotatable bonds is 7. The van der Waals surface area contributed by atoms with Gasteiger partial charge in [0.25, 0.3) is 5.91 Å². The van der Waals surface area contributed by atoms with Crippen molar-refractivity contribution in [3.8, 4) is 0 Å². The van der Waals surface area contributed by atoms with Crippen LogP contribution in [0.15, 0.2) is 18.2 Å². The molecule has 0 saturated carbocycles. The molecular weight excluding hydrogens is 274 g/mol. The van der Waals surface area contributed by atoms with Crippen LogP contribution in [-0.4, -0.2) is 22.1 Å². The van der Waals surface area contributed by atoms with Gasteiger partial charge in [0.15, 0.2) is 0 Å². The zero-order valence-electron chi connectivity index (χ0n) is 14.1. The number of H-pyrrole nitrogens is 1. The zero-order valence-corrected chi connectivity index (χ0v) is 14.1. The number of aromatic amines is 1. The lowest BCUT2D eigenvalue weighted by atomic mass is 9.90. The number of carbonyl (C=O) groups is 1. The number of fused-ring (bicyclic) bond motifs is 1. The lowest BCUT2D eigenvalue weighted by Gasteiger charge is -2.26. The van der Waals surface area contributed by atoms with Crippen LogP contribution in [-0.2, 0) is 0 Å². The second kappa shape index (κ2) is 7.43. The van der Waals surface area contributed by atoms with Crippen molar-refractivity contribution in [3.63, 3.8) is 0 Å². The van der Waals surface area contributed by atoms with Crippen LogP contribution in [0.5, 0.6) is 0 Å². The molecule has 0 aliphatic rings. The smallest absolute Gasteiger partial charge is 0.251 e. The van der Waals surface area contributed by atoms with Crippen molar-refractivity contribution in [2.45, 2.75) is 59.4 Å². The Kier molecular flexibility index (Phi) is 5.58. The number of carbonyl (C=O) groups excluding carboxylic acids is 1. The van der Waals surface area contributed by atoms with Gasteiger partial charge in [-0.1, -0.05) is 33.6 Å². The fraction of sp³-hybridized carbons (Fsp3) is 0.556. The third kappa shape index (κ3) is 3.49. The van der Waals surface area contributed by atoms with Crippen molar-refractivity contribution < 1.29 is 4.79 Å². The minimum atomic E-state index is 0.0175. The molecule has 22 heavy (non-hydrogen) atoms. The Bertz CT molecular complexity index is 632. The van der Waals surface area contributed by atoms with Gasteiger partial charge in [0.2, 0.25) is 0 Å². The number of benzene rings is 1. The topological polar surface area (TPSA) is 57.8 Å². The highest BCUT2D eigenvalue weighted by Crippen LogP contribution is 2.20. The van der Waals surface area contributed by atoms with Crippen LogP contribution in [0.25, 0.3) is 10.9 Å². The Morgan fingerprint density at radius 1 is 1.27 bits per heavy atom. The largest absolute Gasteiger partial charge is 0.349 e. The van der Waals surface area contributed by atoms with Crippen molar-refractivity contribution in [3.05, 3.63) is 29.5 Å².